The maximum absolute atomic E-state index is 12.5. The van der Waals surface area contributed by atoms with Crippen LogP contribution in [-0.4, -0.2) is 26.2 Å². The van der Waals surface area contributed by atoms with Gasteiger partial charge in [0.15, 0.2) is 6.10 Å². The highest BCUT2D eigenvalue weighted by atomic mass is 16.5. The lowest BCUT2D eigenvalue weighted by Gasteiger charge is -2.18. The maximum Gasteiger partial charge on any atom is 0.265 e. The molecule has 0 bridgehead atoms. The summed E-state index contributed by atoms with van der Waals surface area (Å²) in [5.74, 6) is 1.11. The standard InChI is InChI=1S/C19H23NO4/c1-4-18(24-17-10-6-9-16(12-17)23-3)19(21)20-15-8-5-7-14(11-15)13-22-2/h5-12,18H,4,13H2,1-3H3,(H,20,21)/t18-/m0/s1. The summed E-state index contributed by atoms with van der Waals surface area (Å²) in [6.07, 6.45) is -0.0240. The third kappa shape index (κ3) is 4.99. The minimum Gasteiger partial charge on any atom is -0.497 e. The summed E-state index contributed by atoms with van der Waals surface area (Å²) < 4.78 is 16.1. The molecule has 0 radical (unpaired) electrons. The normalized spacial score (nSPS) is 11.6. The fourth-order valence-electron chi connectivity index (χ4n) is 2.29. The van der Waals surface area contributed by atoms with Crippen molar-refractivity contribution in [3.8, 4) is 11.5 Å². The SMILES string of the molecule is CC[C@H](Oc1cccc(OC)c1)C(=O)Nc1cccc(COC)c1. The summed E-state index contributed by atoms with van der Waals surface area (Å²) in [4.78, 5) is 12.5. The Labute approximate surface area is 142 Å². The number of rotatable bonds is 8. The Bertz CT molecular complexity index is 672. The number of nitrogens with one attached hydrogen (secondary N) is 1. The fraction of sp³-hybridized carbons (Fsp3) is 0.316. The zero-order chi connectivity index (χ0) is 17.4. The second-order valence-corrected chi connectivity index (χ2v) is 5.32. The van der Waals surface area contributed by atoms with E-state index in [0.29, 0.717) is 24.5 Å². The number of benzene rings is 2. The van der Waals surface area contributed by atoms with Crippen molar-refractivity contribution >= 4 is 11.6 Å². The first kappa shape index (κ1) is 17.8. The summed E-state index contributed by atoms with van der Waals surface area (Å²) >= 11 is 0. The molecular formula is C19H23NO4. The number of carbonyl (C=O) groups excluding carboxylic acids is 1. The van der Waals surface area contributed by atoms with Gasteiger partial charge in [0, 0.05) is 18.9 Å². The monoisotopic (exact) mass is 329 g/mol. The molecule has 0 aromatic heterocycles. The van der Waals surface area contributed by atoms with Gasteiger partial charge in [-0.25, -0.2) is 0 Å². The molecule has 0 aliphatic rings. The van der Waals surface area contributed by atoms with Gasteiger partial charge in [0.1, 0.15) is 11.5 Å². The van der Waals surface area contributed by atoms with Crippen LogP contribution in [0.2, 0.25) is 0 Å². The van der Waals surface area contributed by atoms with Gasteiger partial charge in [0.25, 0.3) is 5.91 Å². The molecule has 0 aliphatic heterocycles. The third-order valence-corrected chi connectivity index (χ3v) is 3.49. The fourth-order valence-corrected chi connectivity index (χ4v) is 2.29. The molecule has 0 fully saturated rings. The number of anilines is 1. The van der Waals surface area contributed by atoms with Crippen molar-refractivity contribution in [1.29, 1.82) is 0 Å². The van der Waals surface area contributed by atoms with Crippen LogP contribution in [0, 0.1) is 0 Å². The lowest BCUT2D eigenvalue weighted by molar-refractivity contribution is -0.122. The molecule has 5 nitrogen and oxygen atoms in total. The van der Waals surface area contributed by atoms with Crippen molar-refractivity contribution in [2.75, 3.05) is 19.5 Å². The van der Waals surface area contributed by atoms with Gasteiger partial charge in [-0.15, -0.1) is 0 Å². The Kier molecular flexibility index (Phi) is 6.63. The molecule has 2 rings (SSSR count). The number of hydrogen-bond donors (Lipinski definition) is 1. The predicted molar refractivity (Wildman–Crippen MR) is 93.5 cm³/mol. The maximum atomic E-state index is 12.5. The molecule has 0 heterocycles. The van der Waals surface area contributed by atoms with Gasteiger partial charge in [-0.05, 0) is 36.2 Å². The van der Waals surface area contributed by atoms with Crippen molar-refractivity contribution in [3.63, 3.8) is 0 Å². The van der Waals surface area contributed by atoms with Crippen LogP contribution < -0.4 is 14.8 Å². The lowest BCUT2D eigenvalue weighted by atomic mass is 10.2. The number of carbonyl (C=O) groups is 1. The van der Waals surface area contributed by atoms with Crippen molar-refractivity contribution in [3.05, 3.63) is 54.1 Å². The van der Waals surface area contributed by atoms with Gasteiger partial charge < -0.3 is 19.5 Å². The number of hydrogen-bond acceptors (Lipinski definition) is 4. The Morgan fingerprint density at radius 3 is 2.54 bits per heavy atom. The molecule has 2 aromatic rings. The van der Waals surface area contributed by atoms with Crippen LogP contribution in [0.15, 0.2) is 48.5 Å². The van der Waals surface area contributed by atoms with E-state index in [-0.39, 0.29) is 5.91 Å². The highest BCUT2D eigenvalue weighted by Gasteiger charge is 2.19. The molecule has 0 saturated heterocycles. The van der Waals surface area contributed by atoms with Gasteiger partial charge in [-0.1, -0.05) is 25.1 Å². The first-order valence-electron chi connectivity index (χ1n) is 7.85. The van der Waals surface area contributed by atoms with Crippen molar-refractivity contribution < 1.29 is 19.0 Å². The van der Waals surface area contributed by atoms with Crippen molar-refractivity contribution in [1.82, 2.24) is 0 Å². The van der Waals surface area contributed by atoms with Crippen LogP contribution in [0.25, 0.3) is 0 Å². The summed E-state index contributed by atoms with van der Waals surface area (Å²) in [6, 6.07) is 14.8. The summed E-state index contributed by atoms with van der Waals surface area (Å²) in [7, 11) is 3.23. The van der Waals surface area contributed by atoms with E-state index in [4.69, 9.17) is 14.2 Å². The number of amides is 1. The van der Waals surface area contributed by atoms with Gasteiger partial charge in [0.05, 0.1) is 13.7 Å². The molecule has 2 aromatic carbocycles. The van der Waals surface area contributed by atoms with E-state index in [0.717, 1.165) is 11.3 Å². The molecule has 0 unspecified atom stereocenters. The first-order valence-corrected chi connectivity index (χ1v) is 7.85. The highest BCUT2D eigenvalue weighted by molar-refractivity contribution is 5.94. The van der Waals surface area contributed by atoms with Crippen molar-refractivity contribution in [2.24, 2.45) is 0 Å². The van der Waals surface area contributed by atoms with E-state index < -0.39 is 6.10 Å². The molecular weight excluding hydrogens is 306 g/mol. The first-order chi connectivity index (χ1) is 11.7. The Morgan fingerprint density at radius 1 is 1.08 bits per heavy atom. The Hall–Kier alpha value is -2.53. The lowest BCUT2D eigenvalue weighted by Crippen LogP contribution is -2.32. The number of ether oxygens (including phenoxy) is 3. The molecule has 0 aliphatic carbocycles. The van der Waals surface area contributed by atoms with Crippen LogP contribution in [-0.2, 0) is 16.1 Å². The Morgan fingerprint density at radius 2 is 1.83 bits per heavy atom. The van der Waals surface area contributed by atoms with Gasteiger partial charge in [0.2, 0.25) is 0 Å². The number of methoxy groups -OCH3 is 2. The van der Waals surface area contributed by atoms with Crippen LogP contribution in [0.1, 0.15) is 18.9 Å². The summed E-state index contributed by atoms with van der Waals surface area (Å²) in [5.41, 5.74) is 1.72. The summed E-state index contributed by atoms with van der Waals surface area (Å²) in [5, 5.41) is 2.89. The van der Waals surface area contributed by atoms with E-state index in [9.17, 15) is 4.79 Å². The minimum atomic E-state index is -0.580. The summed E-state index contributed by atoms with van der Waals surface area (Å²) in [6.45, 7) is 2.41. The molecule has 0 spiro atoms. The predicted octanol–water partition coefficient (Wildman–Crippen LogP) is 3.64. The molecule has 1 N–H and O–H groups in total. The highest BCUT2D eigenvalue weighted by Crippen LogP contribution is 2.21. The van der Waals surface area contributed by atoms with Crippen LogP contribution in [0.4, 0.5) is 5.69 Å². The van der Waals surface area contributed by atoms with Crippen LogP contribution in [0.3, 0.4) is 0 Å². The second-order valence-electron chi connectivity index (χ2n) is 5.32. The van der Waals surface area contributed by atoms with Crippen molar-refractivity contribution in [2.45, 2.75) is 26.1 Å². The van der Waals surface area contributed by atoms with Gasteiger partial charge in [-0.2, -0.15) is 0 Å². The Balaban J connectivity index is 2.04. The topological polar surface area (TPSA) is 56.8 Å². The largest absolute Gasteiger partial charge is 0.497 e. The van der Waals surface area contributed by atoms with Gasteiger partial charge in [-0.3, -0.25) is 4.79 Å². The van der Waals surface area contributed by atoms with E-state index in [1.807, 2.05) is 43.3 Å². The van der Waals surface area contributed by atoms with Crippen LogP contribution in [0.5, 0.6) is 11.5 Å². The molecule has 5 heteroatoms. The molecule has 1 atom stereocenters. The quantitative estimate of drug-likeness (QED) is 0.803. The molecule has 0 saturated carbocycles. The second kappa shape index (κ2) is 8.93. The smallest absolute Gasteiger partial charge is 0.265 e. The zero-order valence-corrected chi connectivity index (χ0v) is 14.2. The van der Waals surface area contributed by atoms with E-state index >= 15 is 0 Å². The van der Waals surface area contributed by atoms with E-state index in [2.05, 4.69) is 5.32 Å². The van der Waals surface area contributed by atoms with Gasteiger partial charge >= 0.3 is 0 Å². The average Bonchev–Trinajstić information content (AvgIpc) is 2.60. The minimum absolute atomic E-state index is 0.185. The third-order valence-electron chi connectivity index (χ3n) is 3.49. The van der Waals surface area contributed by atoms with E-state index in [1.165, 1.54) is 0 Å². The molecule has 24 heavy (non-hydrogen) atoms. The molecule has 128 valence electrons. The van der Waals surface area contributed by atoms with Crippen LogP contribution >= 0.6 is 0 Å². The van der Waals surface area contributed by atoms with E-state index in [1.54, 1.807) is 26.4 Å². The average molecular weight is 329 g/mol. The zero-order valence-electron chi connectivity index (χ0n) is 14.2. The molecule has 1 amide bonds.